The van der Waals surface area contributed by atoms with Crippen LogP contribution in [-0.4, -0.2) is 46.8 Å². The topological polar surface area (TPSA) is 88.5 Å². The number of piperidine rings is 1. The van der Waals surface area contributed by atoms with Crippen LogP contribution in [0.3, 0.4) is 0 Å². The van der Waals surface area contributed by atoms with Gasteiger partial charge in [-0.2, -0.15) is 5.10 Å². The number of hydrogen-bond donors (Lipinski definition) is 2. The van der Waals surface area contributed by atoms with Crippen molar-refractivity contribution in [3.8, 4) is 5.69 Å². The molecule has 0 saturated carbocycles. The molecule has 0 radical (unpaired) electrons. The number of aryl methyl sites for hydroxylation is 1. The number of ether oxygens (including phenoxy) is 1. The lowest BCUT2D eigenvalue weighted by Crippen LogP contribution is -2.41. The molecule has 1 aliphatic heterocycles. The molecule has 2 N–H and O–H groups in total. The number of amides is 3. The first-order valence-electron chi connectivity index (χ1n) is 15.3. The van der Waals surface area contributed by atoms with Crippen LogP contribution in [-0.2, 0) is 21.4 Å². The molecule has 0 bridgehead atoms. The number of methoxy groups -OCH3 is 1. The van der Waals surface area contributed by atoms with Crippen LogP contribution in [0.1, 0.15) is 62.1 Å². The summed E-state index contributed by atoms with van der Waals surface area (Å²) >= 11 is 0. The molecule has 44 heavy (non-hydrogen) atoms. The highest BCUT2D eigenvalue weighted by atomic mass is 16.5. The summed E-state index contributed by atoms with van der Waals surface area (Å²) in [6, 6.07) is 27.3. The Balaban J connectivity index is 1.19. The van der Waals surface area contributed by atoms with Gasteiger partial charge in [0.25, 0.3) is 5.91 Å². The molecular weight excluding hydrogens is 550 g/mol. The molecule has 3 aromatic carbocycles. The molecule has 3 amide bonds. The summed E-state index contributed by atoms with van der Waals surface area (Å²) in [7, 11) is 1.59. The van der Waals surface area contributed by atoms with E-state index in [0.717, 1.165) is 53.0 Å². The van der Waals surface area contributed by atoms with E-state index in [1.807, 2.05) is 90.7 Å². The molecule has 4 aromatic rings. The van der Waals surface area contributed by atoms with Gasteiger partial charge in [0.2, 0.25) is 0 Å². The lowest BCUT2D eigenvalue weighted by Gasteiger charge is -2.34. The summed E-state index contributed by atoms with van der Waals surface area (Å²) in [5.74, 6) is 1.09. The molecule has 230 valence electrons. The van der Waals surface area contributed by atoms with Crippen LogP contribution >= 0.6 is 0 Å². The van der Waals surface area contributed by atoms with Gasteiger partial charge in [-0.05, 0) is 67.5 Å². The zero-order valence-electron chi connectivity index (χ0n) is 26.3. The van der Waals surface area contributed by atoms with Gasteiger partial charge >= 0.3 is 6.03 Å². The molecule has 1 fully saturated rings. The Hall–Kier alpha value is -4.43. The first-order chi connectivity index (χ1) is 21.1. The second-order valence-electron chi connectivity index (χ2n) is 12.7. The van der Waals surface area contributed by atoms with E-state index in [1.54, 1.807) is 11.8 Å². The highest BCUT2D eigenvalue weighted by Gasteiger charge is 2.29. The van der Waals surface area contributed by atoms with E-state index in [4.69, 9.17) is 9.84 Å². The maximum atomic E-state index is 13.2. The van der Waals surface area contributed by atoms with Gasteiger partial charge in [0.15, 0.2) is 6.10 Å². The van der Waals surface area contributed by atoms with Crippen molar-refractivity contribution in [2.24, 2.45) is 5.92 Å². The molecule has 0 aliphatic carbocycles. The van der Waals surface area contributed by atoms with E-state index in [0.29, 0.717) is 24.8 Å². The third-order valence-corrected chi connectivity index (χ3v) is 8.20. The SMILES string of the molecule is CO[C@H](C(=O)N1CCC(Cc2cccc(NC(=O)Nc3cc(C(C)(C)C)nn3-c3ccc(C)cc3)c2)CC1)c1ccccc1. The second kappa shape index (κ2) is 13.5. The Morgan fingerprint density at radius 3 is 2.30 bits per heavy atom. The van der Waals surface area contributed by atoms with E-state index < -0.39 is 6.10 Å². The number of aromatic nitrogens is 2. The molecular formula is C36H43N5O3. The van der Waals surface area contributed by atoms with Gasteiger partial charge in [0.1, 0.15) is 5.82 Å². The van der Waals surface area contributed by atoms with Gasteiger partial charge in [-0.25, -0.2) is 9.48 Å². The van der Waals surface area contributed by atoms with Crippen molar-refractivity contribution >= 4 is 23.4 Å². The first kappa shape index (κ1) is 31.0. The zero-order chi connectivity index (χ0) is 31.3. The lowest BCUT2D eigenvalue weighted by molar-refractivity contribution is -0.143. The van der Waals surface area contributed by atoms with E-state index in [2.05, 4.69) is 37.5 Å². The van der Waals surface area contributed by atoms with Gasteiger partial charge in [0, 0.05) is 37.4 Å². The minimum absolute atomic E-state index is 0.0210. The molecule has 1 aliphatic rings. The monoisotopic (exact) mass is 593 g/mol. The third-order valence-electron chi connectivity index (χ3n) is 8.20. The molecule has 2 heterocycles. The fourth-order valence-electron chi connectivity index (χ4n) is 5.64. The Morgan fingerprint density at radius 1 is 0.932 bits per heavy atom. The van der Waals surface area contributed by atoms with E-state index in [9.17, 15) is 9.59 Å². The average Bonchev–Trinajstić information content (AvgIpc) is 3.43. The summed E-state index contributed by atoms with van der Waals surface area (Å²) in [4.78, 5) is 28.3. The predicted molar refractivity (Wildman–Crippen MR) is 175 cm³/mol. The van der Waals surface area contributed by atoms with Crippen molar-refractivity contribution in [2.45, 2.75) is 58.5 Å². The smallest absolute Gasteiger partial charge is 0.324 e. The van der Waals surface area contributed by atoms with Crippen molar-refractivity contribution in [2.75, 3.05) is 30.8 Å². The van der Waals surface area contributed by atoms with Crippen molar-refractivity contribution < 1.29 is 14.3 Å². The van der Waals surface area contributed by atoms with E-state index >= 15 is 0 Å². The number of urea groups is 1. The number of hydrogen-bond acceptors (Lipinski definition) is 4. The number of rotatable bonds is 8. The third kappa shape index (κ3) is 7.55. The number of nitrogens with one attached hydrogen (secondary N) is 2. The minimum atomic E-state index is -0.572. The van der Waals surface area contributed by atoms with Crippen LogP contribution in [0.25, 0.3) is 5.69 Å². The maximum absolute atomic E-state index is 13.2. The van der Waals surface area contributed by atoms with Crippen molar-refractivity contribution in [3.63, 3.8) is 0 Å². The number of likely N-dealkylation sites (tertiary alicyclic amines) is 1. The number of benzene rings is 3. The quantitative estimate of drug-likeness (QED) is 0.225. The second-order valence-corrected chi connectivity index (χ2v) is 12.7. The van der Waals surface area contributed by atoms with Gasteiger partial charge < -0.3 is 15.0 Å². The normalized spacial score (nSPS) is 14.7. The van der Waals surface area contributed by atoms with Gasteiger partial charge in [-0.15, -0.1) is 0 Å². The van der Waals surface area contributed by atoms with Crippen molar-refractivity contribution in [1.82, 2.24) is 14.7 Å². The van der Waals surface area contributed by atoms with Crippen LogP contribution in [0.5, 0.6) is 0 Å². The number of carbonyl (C=O) groups is 2. The maximum Gasteiger partial charge on any atom is 0.324 e. The Morgan fingerprint density at radius 2 is 1.64 bits per heavy atom. The number of anilines is 2. The summed E-state index contributed by atoms with van der Waals surface area (Å²) in [5, 5.41) is 10.8. The molecule has 0 spiro atoms. The Labute approximate surface area is 260 Å². The fraction of sp³-hybridized carbons (Fsp3) is 0.361. The molecule has 8 nitrogen and oxygen atoms in total. The Bertz CT molecular complexity index is 1570. The fourth-order valence-corrected chi connectivity index (χ4v) is 5.64. The van der Waals surface area contributed by atoms with Gasteiger partial charge in [0.05, 0.1) is 11.4 Å². The van der Waals surface area contributed by atoms with Crippen molar-refractivity contribution in [1.29, 1.82) is 0 Å². The molecule has 1 atom stereocenters. The largest absolute Gasteiger partial charge is 0.367 e. The summed E-state index contributed by atoms with van der Waals surface area (Å²) in [6.45, 7) is 9.78. The van der Waals surface area contributed by atoms with Crippen molar-refractivity contribution in [3.05, 3.63) is 107 Å². The van der Waals surface area contributed by atoms with Crippen LogP contribution in [0.2, 0.25) is 0 Å². The first-order valence-corrected chi connectivity index (χ1v) is 15.3. The summed E-state index contributed by atoms with van der Waals surface area (Å²) in [6.07, 6.45) is 2.17. The number of carbonyl (C=O) groups excluding carboxylic acids is 2. The van der Waals surface area contributed by atoms with Gasteiger partial charge in [-0.3, -0.25) is 10.1 Å². The minimum Gasteiger partial charge on any atom is -0.367 e. The summed E-state index contributed by atoms with van der Waals surface area (Å²) < 4.78 is 7.35. The molecule has 5 rings (SSSR count). The van der Waals surface area contributed by atoms with E-state index in [1.165, 1.54) is 0 Å². The Kier molecular flexibility index (Phi) is 9.49. The van der Waals surface area contributed by atoms with Crippen LogP contribution in [0, 0.1) is 12.8 Å². The predicted octanol–water partition coefficient (Wildman–Crippen LogP) is 7.29. The zero-order valence-corrected chi connectivity index (χ0v) is 26.3. The molecule has 1 aromatic heterocycles. The van der Waals surface area contributed by atoms with Gasteiger partial charge in [-0.1, -0.05) is 80.9 Å². The van der Waals surface area contributed by atoms with Crippen LogP contribution in [0.4, 0.5) is 16.3 Å². The summed E-state index contributed by atoms with van der Waals surface area (Å²) in [5.41, 5.74) is 5.53. The average molecular weight is 594 g/mol. The number of nitrogens with zero attached hydrogens (tertiary/aromatic N) is 3. The highest BCUT2D eigenvalue weighted by molar-refractivity contribution is 5.99. The van der Waals surface area contributed by atoms with Crippen LogP contribution < -0.4 is 10.6 Å². The molecule has 8 heteroatoms. The van der Waals surface area contributed by atoms with E-state index in [-0.39, 0.29) is 17.4 Å². The molecule has 1 saturated heterocycles. The lowest BCUT2D eigenvalue weighted by atomic mass is 9.89. The van der Waals surface area contributed by atoms with Crippen LogP contribution in [0.15, 0.2) is 84.9 Å². The standard InChI is InChI=1S/C36H43N5O3/c1-25-14-16-30(17-15-25)41-32(24-31(39-41)36(2,3)4)38-35(43)37-29-13-9-10-27(23-29)22-26-18-20-40(21-19-26)34(42)33(44-5)28-11-7-6-8-12-28/h6-17,23-24,26,33H,18-22H2,1-5H3,(H2,37,38,43)/t33-/m0/s1. The molecule has 0 unspecified atom stereocenters. The highest BCUT2D eigenvalue weighted by Crippen LogP contribution is 2.28.